The van der Waals surface area contributed by atoms with Gasteiger partial charge in [0.05, 0.1) is 26.0 Å². The van der Waals surface area contributed by atoms with Crippen LogP contribution >= 0.6 is 11.3 Å². The van der Waals surface area contributed by atoms with Crippen molar-refractivity contribution in [3.8, 4) is 5.75 Å². The molecule has 0 unspecified atom stereocenters. The molecule has 0 bridgehead atoms. The van der Waals surface area contributed by atoms with E-state index in [0.29, 0.717) is 25.3 Å². The summed E-state index contributed by atoms with van der Waals surface area (Å²) in [6, 6.07) is 9.82. The van der Waals surface area contributed by atoms with E-state index in [1.165, 1.54) is 9.75 Å². The Morgan fingerprint density at radius 3 is 2.76 bits per heavy atom. The number of amides is 1. The standard InChI is InChI=1S/C19H24N2O3S/c1-14-3-5-16(25-14)7-8-20-19(22)15-4-6-18(23-2)17(13-15)21-9-11-24-12-10-21/h3-6,13H,7-12H2,1-2H3,(H,20,22). The van der Waals surface area contributed by atoms with E-state index in [2.05, 4.69) is 29.3 Å². The normalized spacial score (nSPS) is 14.4. The molecule has 1 amide bonds. The Morgan fingerprint density at radius 2 is 2.08 bits per heavy atom. The third kappa shape index (κ3) is 4.52. The van der Waals surface area contributed by atoms with E-state index in [9.17, 15) is 4.79 Å². The van der Waals surface area contributed by atoms with Crippen molar-refractivity contribution in [2.24, 2.45) is 0 Å². The second kappa shape index (κ2) is 8.36. The third-order valence-corrected chi connectivity index (χ3v) is 5.31. The molecule has 134 valence electrons. The fraction of sp³-hybridized carbons (Fsp3) is 0.421. The number of nitrogens with one attached hydrogen (secondary N) is 1. The summed E-state index contributed by atoms with van der Waals surface area (Å²) in [4.78, 5) is 17.3. The molecule has 1 N–H and O–H groups in total. The lowest BCUT2D eigenvalue weighted by Gasteiger charge is -2.30. The molecule has 0 radical (unpaired) electrons. The number of anilines is 1. The van der Waals surface area contributed by atoms with Gasteiger partial charge in [-0.1, -0.05) is 0 Å². The SMILES string of the molecule is COc1ccc(C(=O)NCCc2ccc(C)s2)cc1N1CCOCC1. The zero-order chi connectivity index (χ0) is 17.6. The van der Waals surface area contributed by atoms with Gasteiger partial charge in [0.2, 0.25) is 0 Å². The molecular weight excluding hydrogens is 336 g/mol. The lowest BCUT2D eigenvalue weighted by molar-refractivity contribution is 0.0954. The maximum atomic E-state index is 12.5. The van der Waals surface area contributed by atoms with Gasteiger partial charge in [0, 0.05) is 35.0 Å². The van der Waals surface area contributed by atoms with Crippen LogP contribution < -0.4 is 15.0 Å². The fourth-order valence-corrected chi connectivity index (χ4v) is 3.79. The van der Waals surface area contributed by atoms with Gasteiger partial charge in [-0.3, -0.25) is 4.79 Å². The number of rotatable bonds is 6. The maximum Gasteiger partial charge on any atom is 0.251 e. The minimum atomic E-state index is -0.0505. The first-order valence-corrected chi connectivity index (χ1v) is 9.33. The molecule has 5 nitrogen and oxygen atoms in total. The van der Waals surface area contributed by atoms with Gasteiger partial charge >= 0.3 is 0 Å². The summed E-state index contributed by atoms with van der Waals surface area (Å²) in [5, 5.41) is 3.01. The van der Waals surface area contributed by atoms with Crippen LogP contribution in [-0.4, -0.2) is 45.9 Å². The van der Waals surface area contributed by atoms with Gasteiger partial charge in [-0.05, 0) is 43.7 Å². The number of carbonyl (C=O) groups is 1. The summed E-state index contributed by atoms with van der Waals surface area (Å²) < 4.78 is 10.9. The van der Waals surface area contributed by atoms with Gasteiger partial charge in [-0.2, -0.15) is 0 Å². The summed E-state index contributed by atoms with van der Waals surface area (Å²) in [6.07, 6.45) is 0.858. The van der Waals surface area contributed by atoms with Crippen LogP contribution in [0.4, 0.5) is 5.69 Å². The molecule has 0 saturated carbocycles. The molecule has 25 heavy (non-hydrogen) atoms. The number of ether oxygens (including phenoxy) is 2. The molecule has 1 aromatic heterocycles. The quantitative estimate of drug-likeness (QED) is 0.861. The smallest absolute Gasteiger partial charge is 0.251 e. The largest absolute Gasteiger partial charge is 0.495 e. The van der Waals surface area contributed by atoms with Crippen molar-refractivity contribution in [2.75, 3.05) is 44.9 Å². The van der Waals surface area contributed by atoms with Crippen LogP contribution in [0.25, 0.3) is 0 Å². The molecule has 6 heteroatoms. The Balaban J connectivity index is 1.65. The number of hydrogen-bond acceptors (Lipinski definition) is 5. The van der Waals surface area contributed by atoms with Crippen molar-refractivity contribution in [1.29, 1.82) is 0 Å². The number of methoxy groups -OCH3 is 1. The van der Waals surface area contributed by atoms with Gasteiger partial charge in [-0.25, -0.2) is 0 Å². The van der Waals surface area contributed by atoms with E-state index < -0.39 is 0 Å². The van der Waals surface area contributed by atoms with E-state index in [1.54, 1.807) is 18.4 Å². The first kappa shape index (κ1) is 17.8. The second-order valence-electron chi connectivity index (χ2n) is 6.00. The fourth-order valence-electron chi connectivity index (χ4n) is 2.90. The highest BCUT2D eigenvalue weighted by molar-refractivity contribution is 7.11. The van der Waals surface area contributed by atoms with Gasteiger partial charge in [0.1, 0.15) is 5.75 Å². The van der Waals surface area contributed by atoms with Crippen LogP contribution in [0.5, 0.6) is 5.75 Å². The van der Waals surface area contributed by atoms with E-state index >= 15 is 0 Å². The van der Waals surface area contributed by atoms with Crippen molar-refractivity contribution >= 4 is 22.9 Å². The predicted molar refractivity (Wildman–Crippen MR) is 101 cm³/mol. The molecule has 1 aliphatic rings. The van der Waals surface area contributed by atoms with Crippen molar-refractivity contribution in [1.82, 2.24) is 5.32 Å². The Morgan fingerprint density at radius 1 is 1.28 bits per heavy atom. The number of thiophene rings is 1. The monoisotopic (exact) mass is 360 g/mol. The second-order valence-corrected chi connectivity index (χ2v) is 7.38. The van der Waals surface area contributed by atoms with Gasteiger partial charge < -0.3 is 19.7 Å². The molecule has 1 saturated heterocycles. The van der Waals surface area contributed by atoms with E-state index in [1.807, 2.05) is 18.2 Å². The number of benzene rings is 1. The highest BCUT2D eigenvalue weighted by Gasteiger charge is 2.17. The Kier molecular flexibility index (Phi) is 5.94. The molecule has 1 aromatic carbocycles. The van der Waals surface area contributed by atoms with Gasteiger partial charge in [0.25, 0.3) is 5.91 Å². The van der Waals surface area contributed by atoms with Crippen LogP contribution in [0.1, 0.15) is 20.1 Å². The lowest BCUT2D eigenvalue weighted by Crippen LogP contribution is -2.36. The average molecular weight is 360 g/mol. The molecule has 1 fully saturated rings. The molecule has 0 spiro atoms. The molecule has 0 atom stereocenters. The Bertz CT molecular complexity index is 723. The number of hydrogen-bond donors (Lipinski definition) is 1. The molecule has 2 aromatic rings. The summed E-state index contributed by atoms with van der Waals surface area (Å²) in [6.45, 7) is 5.73. The number of morpholine rings is 1. The number of aryl methyl sites for hydroxylation is 1. The van der Waals surface area contributed by atoms with E-state index in [0.717, 1.165) is 30.9 Å². The van der Waals surface area contributed by atoms with Crippen LogP contribution in [-0.2, 0) is 11.2 Å². The molecule has 1 aliphatic heterocycles. The van der Waals surface area contributed by atoms with Crippen LogP contribution in [0.2, 0.25) is 0 Å². The van der Waals surface area contributed by atoms with Crippen LogP contribution in [0.15, 0.2) is 30.3 Å². The summed E-state index contributed by atoms with van der Waals surface area (Å²) >= 11 is 1.78. The molecule has 2 heterocycles. The summed E-state index contributed by atoms with van der Waals surface area (Å²) in [5.74, 6) is 0.734. The first-order chi connectivity index (χ1) is 12.2. The molecule has 3 rings (SSSR count). The highest BCUT2D eigenvalue weighted by atomic mass is 32.1. The van der Waals surface area contributed by atoms with E-state index in [-0.39, 0.29) is 5.91 Å². The van der Waals surface area contributed by atoms with Crippen molar-refractivity contribution in [2.45, 2.75) is 13.3 Å². The molecular formula is C19H24N2O3S. The maximum absolute atomic E-state index is 12.5. The Labute approximate surface area is 152 Å². The van der Waals surface area contributed by atoms with Crippen molar-refractivity contribution in [3.05, 3.63) is 45.6 Å². The Hall–Kier alpha value is -2.05. The highest BCUT2D eigenvalue weighted by Crippen LogP contribution is 2.30. The topological polar surface area (TPSA) is 50.8 Å². The van der Waals surface area contributed by atoms with Crippen LogP contribution in [0, 0.1) is 6.92 Å². The van der Waals surface area contributed by atoms with Gasteiger partial charge in [0.15, 0.2) is 0 Å². The first-order valence-electron chi connectivity index (χ1n) is 8.51. The minimum Gasteiger partial charge on any atom is -0.495 e. The van der Waals surface area contributed by atoms with Gasteiger partial charge in [-0.15, -0.1) is 11.3 Å². The zero-order valence-electron chi connectivity index (χ0n) is 14.7. The molecule has 0 aliphatic carbocycles. The summed E-state index contributed by atoms with van der Waals surface area (Å²) in [5.41, 5.74) is 1.61. The van der Waals surface area contributed by atoms with Crippen molar-refractivity contribution < 1.29 is 14.3 Å². The minimum absolute atomic E-state index is 0.0505. The lowest BCUT2D eigenvalue weighted by atomic mass is 10.1. The zero-order valence-corrected chi connectivity index (χ0v) is 15.5. The van der Waals surface area contributed by atoms with Crippen molar-refractivity contribution in [3.63, 3.8) is 0 Å². The average Bonchev–Trinajstić information content (AvgIpc) is 3.07. The third-order valence-electron chi connectivity index (χ3n) is 4.25. The number of nitrogens with zero attached hydrogens (tertiary/aromatic N) is 1. The van der Waals surface area contributed by atoms with Crippen LogP contribution in [0.3, 0.4) is 0 Å². The predicted octanol–water partition coefficient (Wildman–Crippen LogP) is 2.87. The summed E-state index contributed by atoms with van der Waals surface area (Å²) in [7, 11) is 1.65. The number of carbonyl (C=O) groups excluding carboxylic acids is 1. The van der Waals surface area contributed by atoms with E-state index in [4.69, 9.17) is 9.47 Å².